The summed E-state index contributed by atoms with van der Waals surface area (Å²) in [5.41, 5.74) is 2.61. The first-order valence-corrected chi connectivity index (χ1v) is 10.5. The van der Waals surface area contributed by atoms with E-state index in [1.165, 1.54) is 0 Å². The molecule has 3 rings (SSSR count). The molecule has 2 aromatic carbocycles. The van der Waals surface area contributed by atoms with Gasteiger partial charge in [-0.2, -0.15) is 0 Å². The highest BCUT2D eigenvalue weighted by Gasteiger charge is 2.27. The van der Waals surface area contributed by atoms with Gasteiger partial charge < -0.3 is 19.8 Å². The lowest BCUT2D eigenvalue weighted by atomic mass is 10.0. The van der Waals surface area contributed by atoms with Crippen LogP contribution in [0.15, 0.2) is 47.6 Å². The third-order valence-electron chi connectivity index (χ3n) is 4.62. The molecule has 2 amide bonds. The van der Waals surface area contributed by atoms with Gasteiger partial charge in [0.25, 0.3) is 0 Å². The summed E-state index contributed by atoms with van der Waals surface area (Å²) in [6, 6.07) is 12.9. The van der Waals surface area contributed by atoms with Crippen LogP contribution in [0.3, 0.4) is 0 Å². The van der Waals surface area contributed by atoms with Crippen molar-refractivity contribution in [3.8, 4) is 5.75 Å². The molecule has 1 aliphatic heterocycles. The topological polar surface area (TPSA) is 63.2 Å². The van der Waals surface area contributed by atoms with Crippen LogP contribution >= 0.6 is 23.2 Å². The van der Waals surface area contributed by atoms with Crippen LogP contribution in [0, 0.1) is 0 Å². The maximum atomic E-state index is 12.8. The van der Waals surface area contributed by atoms with E-state index in [1.54, 1.807) is 24.1 Å². The van der Waals surface area contributed by atoms with E-state index in [9.17, 15) is 4.79 Å². The largest absolute Gasteiger partial charge is 0.497 e. The average molecular weight is 450 g/mol. The molecule has 1 N–H and O–H groups in total. The number of amides is 2. The maximum Gasteiger partial charge on any atom is 0.318 e. The fourth-order valence-corrected chi connectivity index (χ4v) is 3.47. The molecule has 30 heavy (non-hydrogen) atoms. The minimum atomic E-state index is -0.252. The van der Waals surface area contributed by atoms with Crippen LogP contribution in [0.4, 0.5) is 4.79 Å². The molecular formula is C22H25Cl2N3O3. The molecule has 0 saturated carbocycles. The van der Waals surface area contributed by atoms with E-state index in [0.29, 0.717) is 29.6 Å². The van der Waals surface area contributed by atoms with Crippen molar-refractivity contribution in [3.63, 3.8) is 0 Å². The molecule has 8 heteroatoms. The summed E-state index contributed by atoms with van der Waals surface area (Å²) in [7, 11) is 1.62. The summed E-state index contributed by atoms with van der Waals surface area (Å²) in [4.78, 5) is 20.1. The summed E-state index contributed by atoms with van der Waals surface area (Å²) in [6.07, 6.45) is 0.319. The molecule has 0 bridgehead atoms. The molecule has 0 aromatic heterocycles. The number of carbonyl (C=O) groups is 1. The van der Waals surface area contributed by atoms with E-state index in [1.807, 2.05) is 44.2 Å². The van der Waals surface area contributed by atoms with Gasteiger partial charge in [0.1, 0.15) is 5.75 Å². The molecule has 1 aliphatic rings. The lowest BCUT2D eigenvalue weighted by Gasteiger charge is -2.26. The molecule has 0 fully saturated rings. The normalized spacial score (nSPS) is 15.5. The fraction of sp³-hybridized carbons (Fsp3) is 0.364. The summed E-state index contributed by atoms with van der Waals surface area (Å²) in [5.74, 6) is 0.749. The summed E-state index contributed by atoms with van der Waals surface area (Å²) < 4.78 is 5.29. The highest BCUT2D eigenvalue weighted by molar-refractivity contribution is 6.42. The van der Waals surface area contributed by atoms with Gasteiger partial charge >= 0.3 is 6.03 Å². The van der Waals surface area contributed by atoms with Crippen LogP contribution in [-0.2, 0) is 11.4 Å². The Morgan fingerprint density at radius 1 is 1.27 bits per heavy atom. The number of nitrogens with one attached hydrogen (secondary N) is 1. The number of oxime groups is 1. The van der Waals surface area contributed by atoms with Gasteiger partial charge in [0.15, 0.2) is 6.10 Å². The van der Waals surface area contributed by atoms with Crippen molar-refractivity contribution in [2.75, 3.05) is 13.7 Å². The van der Waals surface area contributed by atoms with Crippen LogP contribution in [0.5, 0.6) is 5.75 Å². The zero-order valence-electron chi connectivity index (χ0n) is 17.2. The second kappa shape index (κ2) is 10.0. The second-order valence-electron chi connectivity index (χ2n) is 7.43. The number of rotatable bonds is 7. The third-order valence-corrected chi connectivity index (χ3v) is 5.36. The van der Waals surface area contributed by atoms with E-state index in [4.69, 9.17) is 32.8 Å². The molecule has 0 radical (unpaired) electrons. The van der Waals surface area contributed by atoms with Crippen LogP contribution in [-0.4, -0.2) is 42.4 Å². The summed E-state index contributed by atoms with van der Waals surface area (Å²) in [6.45, 7) is 4.68. The Hall–Kier alpha value is -2.44. The number of carbonyl (C=O) groups excluding carboxylic acids is 1. The van der Waals surface area contributed by atoms with Crippen LogP contribution in [0.25, 0.3) is 0 Å². The van der Waals surface area contributed by atoms with Gasteiger partial charge in [-0.25, -0.2) is 4.79 Å². The Balaban J connectivity index is 1.70. The number of urea groups is 1. The molecule has 2 aromatic rings. The van der Waals surface area contributed by atoms with Gasteiger partial charge in [0.05, 0.1) is 29.4 Å². The second-order valence-corrected chi connectivity index (χ2v) is 8.25. The van der Waals surface area contributed by atoms with Gasteiger partial charge in [-0.05, 0) is 43.7 Å². The lowest BCUT2D eigenvalue weighted by molar-refractivity contribution is 0.0586. The molecule has 0 aliphatic carbocycles. The first-order chi connectivity index (χ1) is 14.4. The predicted octanol–water partition coefficient (Wildman–Crippen LogP) is 5.12. The molecule has 1 unspecified atom stereocenters. The number of nitrogens with zero attached hydrogens (tertiary/aromatic N) is 2. The Kier molecular flexibility index (Phi) is 7.45. The number of methoxy groups -OCH3 is 1. The molecule has 6 nitrogen and oxygen atoms in total. The Morgan fingerprint density at radius 3 is 2.77 bits per heavy atom. The molecular weight excluding hydrogens is 425 g/mol. The quantitative estimate of drug-likeness (QED) is 0.637. The van der Waals surface area contributed by atoms with Crippen molar-refractivity contribution in [2.45, 2.75) is 39.0 Å². The molecule has 0 saturated heterocycles. The smallest absolute Gasteiger partial charge is 0.318 e. The van der Waals surface area contributed by atoms with Gasteiger partial charge in [0, 0.05) is 24.6 Å². The molecule has 1 atom stereocenters. The minimum absolute atomic E-state index is 0.0258. The average Bonchev–Trinajstić information content (AvgIpc) is 3.18. The van der Waals surface area contributed by atoms with Gasteiger partial charge in [-0.15, -0.1) is 0 Å². The standard InChI is InChI=1S/C22H25Cl2N3O3/c1-14(2)25-22(28)27(12-15-5-4-6-17(9-15)29-3)13-18-11-21(26-30-18)16-7-8-19(23)20(24)10-16/h4-10,14,18H,11-13H2,1-3H3,(H,25,28). The molecule has 0 spiro atoms. The van der Waals surface area contributed by atoms with Crippen molar-refractivity contribution in [2.24, 2.45) is 5.16 Å². The third kappa shape index (κ3) is 5.80. The zero-order valence-corrected chi connectivity index (χ0v) is 18.7. The van der Waals surface area contributed by atoms with Crippen LogP contribution in [0.2, 0.25) is 10.0 Å². The van der Waals surface area contributed by atoms with E-state index in [0.717, 1.165) is 22.6 Å². The van der Waals surface area contributed by atoms with Crippen LogP contribution < -0.4 is 10.1 Å². The van der Waals surface area contributed by atoms with E-state index in [-0.39, 0.29) is 18.2 Å². The first-order valence-electron chi connectivity index (χ1n) is 9.72. The molecule has 1 heterocycles. The van der Waals surface area contributed by atoms with Gasteiger partial charge in [-0.3, -0.25) is 0 Å². The highest BCUT2D eigenvalue weighted by Crippen LogP contribution is 2.26. The first kappa shape index (κ1) is 22.2. The highest BCUT2D eigenvalue weighted by atomic mass is 35.5. The van der Waals surface area contributed by atoms with E-state index >= 15 is 0 Å². The SMILES string of the molecule is COc1cccc(CN(CC2CC(c3ccc(Cl)c(Cl)c3)=NO2)C(=O)NC(C)C)c1. The van der Waals surface area contributed by atoms with E-state index < -0.39 is 0 Å². The number of hydrogen-bond acceptors (Lipinski definition) is 4. The Morgan fingerprint density at radius 2 is 2.07 bits per heavy atom. The number of hydrogen-bond donors (Lipinski definition) is 1. The number of halogens is 2. The number of benzene rings is 2. The number of ether oxygens (including phenoxy) is 1. The van der Waals surface area contributed by atoms with Crippen molar-refractivity contribution in [1.82, 2.24) is 10.2 Å². The Labute approximate surface area is 186 Å². The zero-order chi connectivity index (χ0) is 21.7. The minimum Gasteiger partial charge on any atom is -0.497 e. The van der Waals surface area contributed by atoms with Gasteiger partial charge in [-0.1, -0.05) is 46.6 Å². The van der Waals surface area contributed by atoms with Crippen molar-refractivity contribution in [1.29, 1.82) is 0 Å². The van der Waals surface area contributed by atoms with Gasteiger partial charge in [0.2, 0.25) is 0 Å². The predicted molar refractivity (Wildman–Crippen MR) is 120 cm³/mol. The fourth-order valence-electron chi connectivity index (χ4n) is 3.17. The monoisotopic (exact) mass is 449 g/mol. The summed E-state index contributed by atoms with van der Waals surface area (Å²) >= 11 is 12.1. The molecule has 160 valence electrons. The maximum absolute atomic E-state index is 12.8. The van der Waals surface area contributed by atoms with E-state index in [2.05, 4.69) is 10.5 Å². The lowest BCUT2D eigenvalue weighted by Crippen LogP contribution is -2.45. The van der Waals surface area contributed by atoms with Crippen molar-refractivity contribution >= 4 is 34.9 Å². The van der Waals surface area contributed by atoms with Crippen LogP contribution in [0.1, 0.15) is 31.4 Å². The van der Waals surface area contributed by atoms with Crippen molar-refractivity contribution < 1.29 is 14.4 Å². The Bertz CT molecular complexity index is 934. The van der Waals surface area contributed by atoms with Crippen molar-refractivity contribution in [3.05, 3.63) is 63.6 Å². The summed E-state index contributed by atoms with van der Waals surface area (Å²) in [5, 5.41) is 8.12.